The maximum Gasteiger partial charge on any atom is 0.336 e. The highest BCUT2D eigenvalue weighted by Crippen LogP contribution is 2.27. The zero-order valence-corrected chi connectivity index (χ0v) is 12.6. The van der Waals surface area contributed by atoms with Crippen LogP contribution < -0.4 is 15.7 Å². The van der Waals surface area contributed by atoms with Crippen molar-refractivity contribution in [3.05, 3.63) is 40.2 Å². The number of amides is 1. The van der Waals surface area contributed by atoms with Crippen molar-refractivity contribution in [3.8, 4) is 5.75 Å². The summed E-state index contributed by atoms with van der Waals surface area (Å²) in [6, 6.07) is 6.81. The van der Waals surface area contributed by atoms with Crippen LogP contribution in [0.15, 0.2) is 33.5 Å². The second kappa shape index (κ2) is 6.22. The molecule has 1 saturated carbocycles. The van der Waals surface area contributed by atoms with Crippen LogP contribution in [0.5, 0.6) is 5.75 Å². The molecule has 1 amide bonds. The predicted octanol–water partition coefficient (Wildman–Crippen LogP) is 2.26. The van der Waals surface area contributed by atoms with Gasteiger partial charge in [0.15, 0.2) is 6.61 Å². The molecule has 0 unspecified atom stereocenters. The first-order valence-corrected chi connectivity index (χ1v) is 7.62. The van der Waals surface area contributed by atoms with E-state index in [4.69, 9.17) is 9.15 Å². The van der Waals surface area contributed by atoms with Crippen molar-refractivity contribution in [2.45, 2.75) is 26.2 Å². The first-order valence-electron chi connectivity index (χ1n) is 7.62. The summed E-state index contributed by atoms with van der Waals surface area (Å²) in [6.45, 7) is 2.69. The first kappa shape index (κ1) is 14.6. The average molecular weight is 301 g/mol. The highest BCUT2D eigenvalue weighted by Gasteiger charge is 2.21. The number of carbonyl (C=O) groups excluding carboxylic acids is 1. The van der Waals surface area contributed by atoms with Crippen LogP contribution in [0.4, 0.5) is 0 Å². The Kier molecular flexibility index (Phi) is 4.13. The van der Waals surface area contributed by atoms with Crippen molar-refractivity contribution in [2.24, 2.45) is 5.92 Å². The van der Waals surface area contributed by atoms with Gasteiger partial charge >= 0.3 is 5.63 Å². The van der Waals surface area contributed by atoms with Crippen LogP contribution in [0.25, 0.3) is 11.0 Å². The monoisotopic (exact) mass is 301 g/mol. The Bertz CT molecular complexity index is 746. The maximum atomic E-state index is 11.7. The fourth-order valence-corrected chi connectivity index (χ4v) is 2.37. The molecule has 3 rings (SSSR count). The van der Waals surface area contributed by atoms with Crippen molar-refractivity contribution >= 4 is 16.9 Å². The van der Waals surface area contributed by atoms with E-state index in [0.717, 1.165) is 23.9 Å². The van der Waals surface area contributed by atoms with E-state index in [1.54, 1.807) is 12.1 Å². The molecule has 1 heterocycles. The van der Waals surface area contributed by atoms with Gasteiger partial charge in [0.25, 0.3) is 5.91 Å². The number of nitrogens with one attached hydrogen (secondary N) is 1. The summed E-state index contributed by atoms with van der Waals surface area (Å²) in [4.78, 5) is 23.2. The van der Waals surface area contributed by atoms with Gasteiger partial charge in [-0.05, 0) is 42.9 Å². The lowest BCUT2D eigenvalue weighted by molar-refractivity contribution is -0.123. The van der Waals surface area contributed by atoms with Gasteiger partial charge in [0.05, 0.1) is 0 Å². The summed E-state index contributed by atoms with van der Waals surface area (Å²) in [5.41, 5.74) is 1.06. The van der Waals surface area contributed by atoms with Crippen LogP contribution in [0, 0.1) is 5.92 Å². The van der Waals surface area contributed by atoms with Gasteiger partial charge in [-0.15, -0.1) is 0 Å². The number of fused-ring (bicyclic) bond motifs is 1. The zero-order valence-electron chi connectivity index (χ0n) is 12.6. The van der Waals surface area contributed by atoms with Gasteiger partial charge in [0, 0.05) is 24.1 Å². The molecule has 1 aliphatic carbocycles. The van der Waals surface area contributed by atoms with Crippen molar-refractivity contribution in [3.63, 3.8) is 0 Å². The Hall–Kier alpha value is -2.30. The Morgan fingerprint density at radius 3 is 2.91 bits per heavy atom. The van der Waals surface area contributed by atoms with Crippen molar-refractivity contribution in [1.82, 2.24) is 5.32 Å². The lowest BCUT2D eigenvalue weighted by Crippen LogP contribution is -2.30. The van der Waals surface area contributed by atoms with Crippen LogP contribution in [0.2, 0.25) is 0 Å². The van der Waals surface area contributed by atoms with Gasteiger partial charge in [0.1, 0.15) is 11.3 Å². The van der Waals surface area contributed by atoms with Crippen LogP contribution in [-0.2, 0) is 11.2 Å². The molecule has 1 aromatic carbocycles. The lowest BCUT2D eigenvalue weighted by Gasteiger charge is -2.08. The molecule has 5 heteroatoms. The Balaban J connectivity index is 1.68. The van der Waals surface area contributed by atoms with E-state index >= 15 is 0 Å². The number of benzene rings is 1. The van der Waals surface area contributed by atoms with Crippen LogP contribution in [0.3, 0.4) is 0 Å². The largest absolute Gasteiger partial charge is 0.484 e. The minimum atomic E-state index is -0.372. The van der Waals surface area contributed by atoms with Gasteiger partial charge in [-0.1, -0.05) is 6.92 Å². The second-order valence-corrected chi connectivity index (χ2v) is 5.64. The lowest BCUT2D eigenvalue weighted by atomic mass is 10.1. The molecule has 1 fully saturated rings. The van der Waals surface area contributed by atoms with E-state index in [9.17, 15) is 9.59 Å². The van der Waals surface area contributed by atoms with Gasteiger partial charge in [-0.3, -0.25) is 4.79 Å². The van der Waals surface area contributed by atoms with E-state index in [2.05, 4.69) is 5.32 Å². The van der Waals surface area contributed by atoms with Gasteiger partial charge < -0.3 is 14.5 Å². The molecule has 2 aromatic rings. The quantitative estimate of drug-likeness (QED) is 0.831. The molecule has 116 valence electrons. The Labute approximate surface area is 128 Å². The average Bonchev–Trinajstić information content (AvgIpc) is 3.33. The summed E-state index contributed by atoms with van der Waals surface area (Å²) >= 11 is 0. The van der Waals surface area contributed by atoms with Gasteiger partial charge in [-0.2, -0.15) is 0 Å². The fourth-order valence-electron chi connectivity index (χ4n) is 2.37. The SMILES string of the molecule is CCc1cc(=O)oc2cc(OCC(=O)NCC3CC3)ccc12. The third kappa shape index (κ3) is 3.47. The molecule has 0 saturated heterocycles. The molecular weight excluding hydrogens is 282 g/mol. The highest BCUT2D eigenvalue weighted by atomic mass is 16.5. The smallest absolute Gasteiger partial charge is 0.336 e. The number of aryl methyl sites for hydroxylation is 1. The van der Waals surface area contributed by atoms with Gasteiger partial charge in [0.2, 0.25) is 0 Å². The Morgan fingerprint density at radius 1 is 1.36 bits per heavy atom. The maximum absolute atomic E-state index is 11.7. The van der Waals surface area contributed by atoms with Crippen LogP contribution >= 0.6 is 0 Å². The molecule has 1 aromatic heterocycles. The van der Waals surface area contributed by atoms with E-state index < -0.39 is 0 Å². The van der Waals surface area contributed by atoms with E-state index in [-0.39, 0.29) is 18.1 Å². The zero-order chi connectivity index (χ0) is 15.5. The third-order valence-electron chi connectivity index (χ3n) is 3.84. The summed E-state index contributed by atoms with van der Waals surface area (Å²) in [5, 5.41) is 3.74. The first-order chi connectivity index (χ1) is 10.7. The number of ether oxygens (including phenoxy) is 1. The number of carbonyl (C=O) groups is 1. The molecule has 5 nitrogen and oxygen atoms in total. The van der Waals surface area contributed by atoms with E-state index in [1.807, 2.05) is 13.0 Å². The summed E-state index contributed by atoms with van der Waals surface area (Å²) in [5.74, 6) is 1.03. The number of rotatable bonds is 6. The Morgan fingerprint density at radius 2 is 2.18 bits per heavy atom. The third-order valence-corrected chi connectivity index (χ3v) is 3.84. The van der Waals surface area contributed by atoms with Crippen LogP contribution in [0.1, 0.15) is 25.3 Å². The minimum Gasteiger partial charge on any atom is -0.484 e. The molecular formula is C17H19NO4. The molecule has 0 radical (unpaired) electrons. The fraction of sp³-hybridized carbons (Fsp3) is 0.412. The van der Waals surface area contributed by atoms with Gasteiger partial charge in [-0.25, -0.2) is 4.79 Å². The molecule has 0 atom stereocenters. The molecule has 0 aliphatic heterocycles. The topological polar surface area (TPSA) is 68.5 Å². The summed E-state index contributed by atoms with van der Waals surface area (Å²) in [6.07, 6.45) is 3.15. The molecule has 1 N–H and O–H groups in total. The van der Waals surface area contributed by atoms with E-state index in [0.29, 0.717) is 17.3 Å². The predicted molar refractivity (Wildman–Crippen MR) is 83.1 cm³/mol. The standard InChI is InChI=1S/C17H19NO4/c1-2-12-7-17(20)22-15-8-13(5-6-14(12)15)21-10-16(19)18-9-11-3-4-11/h5-8,11H,2-4,9-10H2,1H3,(H,18,19). The summed E-state index contributed by atoms with van der Waals surface area (Å²) < 4.78 is 10.7. The van der Waals surface area contributed by atoms with E-state index in [1.165, 1.54) is 18.9 Å². The number of hydrogen-bond donors (Lipinski definition) is 1. The van der Waals surface area contributed by atoms with Crippen molar-refractivity contribution in [1.29, 1.82) is 0 Å². The molecule has 1 aliphatic rings. The molecule has 0 bridgehead atoms. The van der Waals surface area contributed by atoms with Crippen molar-refractivity contribution < 1.29 is 13.9 Å². The molecule has 22 heavy (non-hydrogen) atoms. The minimum absolute atomic E-state index is 0.0318. The van der Waals surface area contributed by atoms with Crippen LogP contribution in [-0.4, -0.2) is 19.1 Å². The normalized spacial score (nSPS) is 14.0. The van der Waals surface area contributed by atoms with Crippen molar-refractivity contribution in [2.75, 3.05) is 13.2 Å². The molecule has 0 spiro atoms. The summed E-state index contributed by atoms with van der Waals surface area (Å²) in [7, 11) is 0. The highest BCUT2D eigenvalue weighted by molar-refractivity contribution is 5.82. The number of hydrogen-bond acceptors (Lipinski definition) is 4. The second-order valence-electron chi connectivity index (χ2n) is 5.64.